The summed E-state index contributed by atoms with van der Waals surface area (Å²) < 4.78 is 10.6. The summed E-state index contributed by atoms with van der Waals surface area (Å²) in [5.74, 6) is -0.209. The van der Waals surface area contributed by atoms with Crippen molar-refractivity contribution >= 4 is 5.97 Å². The number of esters is 1. The Bertz CT molecular complexity index is 209. The van der Waals surface area contributed by atoms with E-state index >= 15 is 0 Å². The van der Waals surface area contributed by atoms with E-state index in [2.05, 4.69) is 12.2 Å². The lowest BCUT2D eigenvalue weighted by Crippen LogP contribution is -2.49. The van der Waals surface area contributed by atoms with Gasteiger partial charge in [-0.15, -0.1) is 0 Å². The molecule has 102 valence electrons. The summed E-state index contributed by atoms with van der Waals surface area (Å²) in [5, 5.41) is 3.01. The molecule has 0 saturated carbocycles. The minimum absolute atomic E-state index is 0.209. The Morgan fingerprint density at radius 1 is 1.24 bits per heavy atom. The number of unbranched alkanes of at least 4 members (excludes halogenated alkanes) is 2. The average molecular weight is 245 g/mol. The molecule has 0 bridgehead atoms. The van der Waals surface area contributed by atoms with E-state index < -0.39 is 5.54 Å². The maximum Gasteiger partial charge on any atom is 0.326 e. The molecule has 1 atom stereocenters. The molecule has 0 aliphatic heterocycles. The summed E-state index contributed by atoms with van der Waals surface area (Å²) in [6, 6.07) is 0. The van der Waals surface area contributed by atoms with Gasteiger partial charge in [0, 0.05) is 13.2 Å². The van der Waals surface area contributed by atoms with Gasteiger partial charge >= 0.3 is 5.97 Å². The van der Waals surface area contributed by atoms with Gasteiger partial charge < -0.3 is 14.8 Å². The molecule has 0 rings (SSSR count). The fourth-order valence-electron chi connectivity index (χ4n) is 1.45. The largest absolute Gasteiger partial charge is 0.465 e. The summed E-state index contributed by atoms with van der Waals surface area (Å²) in [4.78, 5) is 11.7. The molecule has 0 aromatic heterocycles. The van der Waals surface area contributed by atoms with Crippen LogP contribution in [0.15, 0.2) is 0 Å². The Morgan fingerprint density at radius 2 is 1.94 bits per heavy atom. The topological polar surface area (TPSA) is 47.6 Å². The summed E-state index contributed by atoms with van der Waals surface area (Å²) in [7, 11) is 1.77. The van der Waals surface area contributed by atoms with Crippen molar-refractivity contribution in [1.29, 1.82) is 0 Å². The van der Waals surface area contributed by atoms with Gasteiger partial charge in [-0.3, -0.25) is 4.79 Å². The minimum atomic E-state index is -0.638. The second-order valence-electron chi connectivity index (χ2n) is 4.37. The first-order valence-corrected chi connectivity index (χ1v) is 6.54. The highest BCUT2D eigenvalue weighted by Crippen LogP contribution is 2.12. The van der Waals surface area contributed by atoms with Crippen LogP contribution >= 0.6 is 0 Å². The van der Waals surface area contributed by atoms with Crippen LogP contribution in [0, 0.1) is 0 Å². The molecule has 17 heavy (non-hydrogen) atoms. The first kappa shape index (κ1) is 16.4. The summed E-state index contributed by atoms with van der Waals surface area (Å²) in [5.41, 5.74) is -0.638. The molecule has 1 unspecified atom stereocenters. The van der Waals surface area contributed by atoms with Crippen LogP contribution in [0.4, 0.5) is 0 Å². The fourth-order valence-corrected chi connectivity index (χ4v) is 1.45. The minimum Gasteiger partial charge on any atom is -0.465 e. The summed E-state index contributed by atoms with van der Waals surface area (Å²) in [6.45, 7) is 7.60. The van der Waals surface area contributed by atoms with Gasteiger partial charge in [0.25, 0.3) is 0 Å². The molecule has 0 fully saturated rings. The van der Waals surface area contributed by atoms with Crippen LogP contribution in [0.5, 0.6) is 0 Å². The third-order valence-corrected chi connectivity index (χ3v) is 2.92. The molecule has 0 aromatic rings. The molecule has 0 amide bonds. The molecule has 4 nitrogen and oxygen atoms in total. The first-order chi connectivity index (χ1) is 8.10. The Kier molecular flexibility index (Phi) is 9.09. The van der Waals surface area contributed by atoms with Gasteiger partial charge in [0.1, 0.15) is 5.54 Å². The molecule has 0 saturated heterocycles. The van der Waals surface area contributed by atoms with Crippen molar-refractivity contribution in [2.45, 2.75) is 52.0 Å². The standard InChI is InChI=1S/C13H27NO3/c1-5-7-8-10-16-11-9-13(3,14-4)12(15)17-6-2/h14H,5-11H2,1-4H3. The highest BCUT2D eigenvalue weighted by Gasteiger charge is 2.32. The van der Waals surface area contributed by atoms with Gasteiger partial charge in [-0.1, -0.05) is 19.8 Å². The Morgan fingerprint density at radius 3 is 2.47 bits per heavy atom. The predicted molar refractivity (Wildman–Crippen MR) is 69.1 cm³/mol. The summed E-state index contributed by atoms with van der Waals surface area (Å²) >= 11 is 0. The average Bonchev–Trinajstić information content (AvgIpc) is 2.33. The van der Waals surface area contributed by atoms with Crippen LogP contribution in [0.3, 0.4) is 0 Å². The zero-order valence-corrected chi connectivity index (χ0v) is 11.7. The van der Waals surface area contributed by atoms with Crippen LogP contribution in [0.1, 0.15) is 46.5 Å². The molecule has 0 heterocycles. The van der Waals surface area contributed by atoms with Gasteiger partial charge in [-0.2, -0.15) is 0 Å². The molecule has 4 heteroatoms. The maximum absolute atomic E-state index is 11.7. The highest BCUT2D eigenvalue weighted by molar-refractivity contribution is 5.80. The molecule has 0 aliphatic rings. The number of carbonyl (C=O) groups excluding carboxylic acids is 1. The quantitative estimate of drug-likeness (QED) is 0.473. The van der Waals surface area contributed by atoms with Crippen molar-refractivity contribution in [2.24, 2.45) is 0 Å². The SMILES string of the molecule is CCCCCOCCC(C)(NC)C(=O)OCC. The number of ether oxygens (including phenoxy) is 2. The van der Waals surface area contributed by atoms with Gasteiger partial charge in [0.05, 0.1) is 6.61 Å². The Hall–Kier alpha value is -0.610. The maximum atomic E-state index is 11.7. The van der Waals surface area contributed by atoms with Gasteiger partial charge in [-0.25, -0.2) is 0 Å². The van der Waals surface area contributed by atoms with E-state index in [4.69, 9.17) is 9.47 Å². The van der Waals surface area contributed by atoms with Crippen LogP contribution in [-0.4, -0.2) is 38.4 Å². The van der Waals surface area contributed by atoms with Crippen molar-refractivity contribution in [3.8, 4) is 0 Å². The third-order valence-electron chi connectivity index (χ3n) is 2.92. The van der Waals surface area contributed by atoms with Gasteiger partial charge in [-0.05, 0) is 33.7 Å². The van der Waals surface area contributed by atoms with Crippen LogP contribution in [-0.2, 0) is 14.3 Å². The molecular formula is C13H27NO3. The number of hydrogen-bond donors (Lipinski definition) is 1. The monoisotopic (exact) mass is 245 g/mol. The van der Waals surface area contributed by atoms with Crippen LogP contribution < -0.4 is 5.32 Å². The Labute approximate surface area is 105 Å². The molecule has 1 N–H and O–H groups in total. The van der Waals surface area contributed by atoms with Gasteiger partial charge in [0.2, 0.25) is 0 Å². The van der Waals surface area contributed by atoms with E-state index in [-0.39, 0.29) is 5.97 Å². The lowest BCUT2D eigenvalue weighted by Gasteiger charge is -2.26. The van der Waals surface area contributed by atoms with E-state index in [1.165, 1.54) is 12.8 Å². The van der Waals surface area contributed by atoms with E-state index in [1.807, 2.05) is 13.8 Å². The van der Waals surface area contributed by atoms with Crippen molar-refractivity contribution < 1.29 is 14.3 Å². The second-order valence-corrected chi connectivity index (χ2v) is 4.37. The number of rotatable bonds is 10. The highest BCUT2D eigenvalue weighted by atomic mass is 16.5. The predicted octanol–water partition coefficient (Wildman–Crippen LogP) is 2.12. The zero-order valence-electron chi connectivity index (χ0n) is 11.7. The van der Waals surface area contributed by atoms with Crippen molar-refractivity contribution in [3.63, 3.8) is 0 Å². The smallest absolute Gasteiger partial charge is 0.326 e. The third kappa shape index (κ3) is 6.64. The normalized spacial score (nSPS) is 14.4. The molecule has 0 aliphatic carbocycles. The molecule has 0 radical (unpaired) electrons. The Balaban J connectivity index is 3.83. The van der Waals surface area contributed by atoms with Crippen molar-refractivity contribution in [3.05, 3.63) is 0 Å². The number of nitrogens with one attached hydrogen (secondary N) is 1. The summed E-state index contributed by atoms with van der Waals surface area (Å²) in [6.07, 6.45) is 4.11. The van der Waals surface area contributed by atoms with Crippen LogP contribution in [0.25, 0.3) is 0 Å². The van der Waals surface area contributed by atoms with E-state index in [0.29, 0.717) is 19.6 Å². The molecule has 0 spiro atoms. The molecular weight excluding hydrogens is 218 g/mol. The number of likely N-dealkylation sites (N-methyl/N-ethyl adjacent to an activating group) is 1. The lowest BCUT2D eigenvalue weighted by molar-refractivity contribution is -0.151. The molecule has 0 aromatic carbocycles. The van der Waals surface area contributed by atoms with Crippen molar-refractivity contribution in [2.75, 3.05) is 26.9 Å². The fraction of sp³-hybridized carbons (Fsp3) is 0.923. The van der Waals surface area contributed by atoms with Crippen LogP contribution in [0.2, 0.25) is 0 Å². The van der Waals surface area contributed by atoms with Crippen molar-refractivity contribution in [1.82, 2.24) is 5.32 Å². The van der Waals surface area contributed by atoms with Gasteiger partial charge in [0.15, 0.2) is 0 Å². The van der Waals surface area contributed by atoms with E-state index in [1.54, 1.807) is 7.05 Å². The zero-order chi connectivity index (χ0) is 13.1. The first-order valence-electron chi connectivity index (χ1n) is 6.54. The van der Waals surface area contributed by atoms with E-state index in [0.717, 1.165) is 13.0 Å². The van der Waals surface area contributed by atoms with E-state index in [9.17, 15) is 4.79 Å². The lowest BCUT2D eigenvalue weighted by atomic mass is 9.99. The second kappa shape index (κ2) is 9.42. The number of carbonyl (C=O) groups is 1. The number of hydrogen-bond acceptors (Lipinski definition) is 4.